The molecule has 2 aromatic carbocycles. The summed E-state index contributed by atoms with van der Waals surface area (Å²) in [5.41, 5.74) is 12.6. The maximum absolute atomic E-state index is 5.29. The number of hydrogen-bond acceptors (Lipinski definition) is 4. The molecule has 4 nitrogen and oxygen atoms in total. The molecule has 44 heavy (non-hydrogen) atoms. The second kappa shape index (κ2) is 12.8. The Labute approximate surface area is 266 Å². The molecule has 0 saturated carbocycles. The average Bonchev–Trinajstić information content (AvgIpc) is 3.89. The highest BCUT2D eigenvalue weighted by Crippen LogP contribution is 2.37. The van der Waals surface area contributed by atoms with Gasteiger partial charge >= 0.3 is 0 Å². The fraction of sp³-hybridized carbons (Fsp3) is 0.158. The van der Waals surface area contributed by atoms with Crippen molar-refractivity contribution in [3.63, 3.8) is 0 Å². The summed E-state index contributed by atoms with van der Waals surface area (Å²) in [6, 6.07) is 29.9. The van der Waals surface area contributed by atoms with Crippen molar-refractivity contribution < 1.29 is 0 Å². The zero-order chi connectivity index (χ0) is 29.9. The van der Waals surface area contributed by atoms with Crippen LogP contribution in [0.1, 0.15) is 49.5 Å². The van der Waals surface area contributed by atoms with E-state index in [0.29, 0.717) is 0 Å². The van der Waals surface area contributed by atoms with Gasteiger partial charge in [0.15, 0.2) is 0 Å². The molecule has 0 amide bonds. The van der Waals surface area contributed by atoms with Crippen LogP contribution < -0.4 is 0 Å². The van der Waals surface area contributed by atoms with E-state index in [4.69, 9.17) is 9.97 Å². The molecule has 0 fully saturated rings. The lowest BCUT2D eigenvalue weighted by molar-refractivity contribution is 1.10. The molecule has 8 bridgehead atoms. The monoisotopic (exact) mass is 610 g/mol. The highest BCUT2D eigenvalue weighted by molar-refractivity contribution is 7.99. The smallest absolute Gasteiger partial charge is 0.0794 e. The Kier molecular flexibility index (Phi) is 8.27. The number of nitrogens with one attached hydrogen (secondary N) is 2. The van der Waals surface area contributed by atoms with Crippen LogP contribution in [-0.4, -0.2) is 31.4 Å². The fourth-order valence-corrected chi connectivity index (χ4v) is 7.57. The molecule has 7 rings (SSSR count). The molecular weight excluding hydrogens is 577 g/mol. The van der Waals surface area contributed by atoms with E-state index in [-0.39, 0.29) is 0 Å². The molecular formula is C38H34N4S2. The van der Waals surface area contributed by atoms with Crippen molar-refractivity contribution in [3.05, 3.63) is 108 Å². The van der Waals surface area contributed by atoms with Gasteiger partial charge in [0.05, 0.1) is 43.6 Å². The van der Waals surface area contributed by atoms with Crippen LogP contribution in [0.15, 0.2) is 94.7 Å². The summed E-state index contributed by atoms with van der Waals surface area (Å²) in [5.74, 6) is 2.02. The molecule has 0 aliphatic carbocycles. The van der Waals surface area contributed by atoms with Gasteiger partial charge in [0.25, 0.3) is 0 Å². The van der Waals surface area contributed by atoms with Gasteiger partial charge in [-0.3, -0.25) is 0 Å². The molecule has 0 unspecified atom stereocenters. The van der Waals surface area contributed by atoms with E-state index in [1.54, 1.807) is 0 Å². The van der Waals surface area contributed by atoms with Crippen LogP contribution in [0.2, 0.25) is 0 Å². The van der Waals surface area contributed by atoms with Gasteiger partial charge in [-0.1, -0.05) is 74.5 Å². The van der Waals surface area contributed by atoms with Crippen molar-refractivity contribution in [1.29, 1.82) is 0 Å². The van der Waals surface area contributed by atoms with Gasteiger partial charge in [-0.25, -0.2) is 9.97 Å². The Morgan fingerprint density at radius 1 is 0.477 bits per heavy atom. The number of hydrogen-bond donors (Lipinski definition) is 2. The van der Waals surface area contributed by atoms with Crippen molar-refractivity contribution >= 4 is 69.9 Å². The lowest BCUT2D eigenvalue weighted by Crippen LogP contribution is -1.89. The highest BCUT2D eigenvalue weighted by Gasteiger charge is 2.17. The predicted octanol–water partition coefficient (Wildman–Crippen LogP) is 11.0. The van der Waals surface area contributed by atoms with E-state index in [2.05, 4.69) is 133 Å². The molecule has 0 radical (unpaired) electrons. The number of nitrogens with zero attached hydrogens (tertiary/aromatic N) is 2. The third-order valence-corrected chi connectivity index (χ3v) is 10.3. The Morgan fingerprint density at radius 2 is 0.864 bits per heavy atom. The van der Waals surface area contributed by atoms with E-state index < -0.39 is 0 Å². The van der Waals surface area contributed by atoms with Crippen LogP contribution >= 0.6 is 23.5 Å². The molecule has 5 aromatic rings. The minimum absolute atomic E-state index is 0.959. The first-order valence-electron chi connectivity index (χ1n) is 15.3. The van der Waals surface area contributed by atoms with Gasteiger partial charge in [-0.05, 0) is 84.0 Å². The van der Waals surface area contributed by atoms with E-state index in [0.717, 1.165) is 101 Å². The molecule has 5 heterocycles. The molecule has 0 spiro atoms. The lowest BCUT2D eigenvalue weighted by Gasteiger charge is -2.06. The summed E-state index contributed by atoms with van der Waals surface area (Å²) >= 11 is 3.72. The molecule has 2 aliphatic heterocycles. The number of rotatable bonds is 8. The van der Waals surface area contributed by atoms with Gasteiger partial charge < -0.3 is 9.97 Å². The van der Waals surface area contributed by atoms with Gasteiger partial charge in [0.2, 0.25) is 0 Å². The van der Waals surface area contributed by atoms with Crippen LogP contribution in [0.3, 0.4) is 0 Å². The Balaban J connectivity index is 1.63. The summed E-state index contributed by atoms with van der Waals surface area (Å²) in [4.78, 5) is 20.5. The van der Waals surface area contributed by atoms with Crippen molar-refractivity contribution in [2.75, 3.05) is 11.5 Å². The van der Waals surface area contributed by atoms with E-state index >= 15 is 0 Å². The summed E-state index contributed by atoms with van der Waals surface area (Å²) < 4.78 is 0. The summed E-state index contributed by atoms with van der Waals surface area (Å²) in [7, 11) is 0. The molecule has 6 heteroatoms. The van der Waals surface area contributed by atoms with Gasteiger partial charge in [0, 0.05) is 22.2 Å². The summed E-state index contributed by atoms with van der Waals surface area (Å²) in [5, 5.41) is 0. The van der Waals surface area contributed by atoms with Gasteiger partial charge in [0.1, 0.15) is 0 Å². The number of aromatic amines is 2. The molecule has 2 aliphatic rings. The van der Waals surface area contributed by atoms with Crippen molar-refractivity contribution in [2.45, 2.75) is 36.5 Å². The van der Waals surface area contributed by atoms with E-state index in [1.807, 2.05) is 23.5 Å². The number of fused-ring (bicyclic) bond motifs is 8. The zero-order valence-electron chi connectivity index (χ0n) is 24.9. The summed E-state index contributed by atoms with van der Waals surface area (Å²) in [6.07, 6.45) is 10.8. The lowest BCUT2D eigenvalue weighted by atomic mass is 10.0. The standard InChI is InChI=1S/C38H34N4S2/c1-3-23-43-37-31-19-15-27(39-31)35(25-11-7-5-8-12-25)29-17-21-33(41-29)38(44-24-4-2)34-22-18-30(42-34)36(26-13-9-6-10-14-26)28-16-20-32(37)40-28/h5-22,39,42H,3-4,23-24H2,1-2H3. The quantitative estimate of drug-likeness (QED) is 0.168. The number of thioether (sulfide) groups is 2. The minimum Gasteiger partial charge on any atom is -0.354 e. The summed E-state index contributed by atoms with van der Waals surface area (Å²) in [6.45, 7) is 4.45. The predicted molar refractivity (Wildman–Crippen MR) is 192 cm³/mol. The molecule has 3 aromatic heterocycles. The Morgan fingerprint density at radius 3 is 1.27 bits per heavy atom. The van der Waals surface area contributed by atoms with Crippen LogP contribution in [0.4, 0.5) is 0 Å². The normalized spacial score (nSPS) is 12.2. The number of aromatic nitrogens is 4. The second-order valence-corrected chi connectivity index (χ2v) is 13.1. The maximum Gasteiger partial charge on any atom is 0.0794 e. The highest BCUT2D eigenvalue weighted by atomic mass is 32.2. The molecule has 2 N–H and O–H groups in total. The van der Waals surface area contributed by atoms with Crippen LogP contribution in [0.5, 0.6) is 0 Å². The molecule has 218 valence electrons. The van der Waals surface area contributed by atoms with Crippen LogP contribution in [0, 0.1) is 0 Å². The molecule has 0 saturated heterocycles. The number of H-pyrrole nitrogens is 2. The van der Waals surface area contributed by atoms with Crippen molar-refractivity contribution in [2.24, 2.45) is 0 Å². The Bertz CT molecular complexity index is 1890. The maximum atomic E-state index is 5.29. The molecule has 0 atom stereocenters. The largest absolute Gasteiger partial charge is 0.354 e. The van der Waals surface area contributed by atoms with Crippen molar-refractivity contribution in [1.82, 2.24) is 19.9 Å². The first-order valence-corrected chi connectivity index (χ1v) is 17.2. The second-order valence-electron chi connectivity index (χ2n) is 10.8. The average molecular weight is 611 g/mol. The van der Waals surface area contributed by atoms with Gasteiger partial charge in [-0.15, -0.1) is 23.5 Å². The fourth-order valence-electron chi connectivity index (χ4n) is 5.68. The zero-order valence-corrected chi connectivity index (χ0v) is 26.6. The Hall–Kier alpha value is -4.26. The van der Waals surface area contributed by atoms with E-state index in [9.17, 15) is 0 Å². The first kappa shape index (κ1) is 28.5. The van der Waals surface area contributed by atoms with E-state index in [1.165, 1.54) is 0 Å². The SMILES string of the molecule is CCCSc1c2nc(c(-c3ccccc3)c3ccc([nH]3)c(SCCC)c3nc(c(-c4ccccc4)c4ccc1[nH]4)C=C3)C=C2. The first-order chi connectivity index (χ1) is 21.7. The van der Waals surface area contributed by atoms with Crippen LogP contribution in [-0.2, 0) is 0 Å². The van der Waals surface area contributed by atoms with Crippen LogP contribution in [0.25, 0.3) is 68.6 Å². The van der Waals surface area contributed by atoms with Crippen molar-refractivity contribution in [3.8, 4) is 22.3 Å². The van der Waals surface area contributed by atoms with Gasteiger partial charge in [-0.2, -0.15) is 0 Å². The third-order valence-electron chi connectivity index (χ3n) is 7.68. The third kappa shape index (κ3) is 5.56. The topological polar surface area (TPSA) is 57.4 Å². The minimum atomic E-state index is 0.959. The number of benzene rings is 2.